The van der Waals surface area contributed by atoms with Crippen molar-refractivity contribution in [2.24, 2.45) is 13.0 Å². The van der Waals surface area contributed by atoms with Gasteiger partial charge in [0.15, 0.2) is 0 Å². The highest BCUT2D eigenvalue weighted by Gasteiger charge is 2.41. The fourth-order valence-electron chi connectivity index (χ4n) is 5.97. The molecule has 2 aliphatic carbocycles. The number of amides is 1. The van der Waals surface area contributed by atoms with Crippen LogP contribution in [0.3, 0.4) is 0 Å². The number of carbonyl (C=O) groups is 1. The van der Waals surface area contributed by atoms with E-state index in [0.29, 0.717) is 23.9 Å². The predicted molar refractivity (Wildman–Crippen MR) is 109 cm³/mol. The Kier molecular flexibility index (Phi) is 4.27. The van der Waals surface area contributed by atoms with Crippen LogP contribution >= 0.6 is 0 Å². The fourth-order valence-corrected chi connectivity index (χ4v) is 5.97. The summed E-state index contributed by atoms with van der Waals surface area (Å²) >= 11 is 0. The molecule has 1 N–H and O–H groups in total. The van der Waals surface area contributed by atoms with Crippen LogP contribution in [0.15, 0.2) is 24.4 Å². The highest BCUT2D eigenvalue weighted by atomic mass is 16.2. The van der Waals surface area contributed by atoms with Gasteiger partial charge in [-0.2, -0.15) is 0 Å². The minimum atomic E-state index is 0.110. The zero-order valence-electron chi connectivity index (χ0n) is 16.6. The van der Waals surface area contributed by atoms with E-state index >= 15 is 0 Å². The minimum Gasteiger partial charge on any atom is -0.353 e. The molecule has 5 rings (SSSR count). The summed E-state index contributed by atoms with van der Waals surface area (Å²) < 4.78 is 2.26. The smallest absolute Gasteiger partial charge is 0.224 e. The number of hydrogen-bond acceptors (Lipinski definition) is 2. The van der Waals surface area contributed by atoms with Crippen LogP contribution in [0.5, 0.6) is 0 Å². The molecule has 1 unspecified atom stereocenters. The zero-order chi connectivity index (χ0) is 18.5. The molecule has 2 aromatic rings. The number of likely N-dealkylation sites (tertiary alicyclic amines) is 1. The lowest BCUT2D eigenvalue weighted by molar-refractivity contribution is -0.128. The van der Waals surface area contributed by atoms with Gasteiger partial charge in [-0.3, -0.25) is 4.79 Å². The van der Waals surface area contributed by atoms with Gasteiger partial charge in [-0.1, -0.05) is 31.4 Å². The second kappa shape index (κ2) is 6.66. The Bertz CT molecular complexity index is 864. The number of piperidine rings is 1. The molecule has 1 aliphatic heterocycles. The molecular formula is C23H31N3O. The van der Waals surface area contributed by atoms with Crippen molar-refractivity contribution in [2.45, 2.75) is 62.9 Å². The van der Waals surface area contributed by atoms with Gasteiger partial charge >= 0.3 is 0 Å². The summed E-state index contributed by atoms with van der Waals surface area (Å²) in [5, 5.41) is 4.83. The van der Waals surface area contributed by atoms with E-state index in [1.165, 1.54) is 41.3 Å². The van der Waals surface area contributed by atoms with E-state index in [9.17, 15) is 4.79 Å². The molecule has 1 aromatic heterocycles. The van der Waals surface area contributed by atoms with Crippen LogP contribution in [0.25, 0.3) is 10.9 Å². The predicted octanol–water partition coefficient (Wildman–Crippen LogP) is 3.59. The van der Waals surface area contributed by atoms with Crippen molar-refractivity contribution in [2.75, 3.05) is 13.6 Å². The third kappa shape index (κ3) is 2.89. The van der Waals surface area contributed by atoms with Crippen LogP contribution < -0.4 is 5.32 Å². The Morgan fingerprint density at radius 2 is 1.96 bits per heavy atom. The van der Waals surface area contributed by atoms with Crippen molar-refractivity contribution in [1.82, 2.24) is 14.8 Å². The average Bonchev–Trinajstić information content (AvgIpc) is 3.00. The number of benzene rings is 1. The number of rotatable bonds is 2. The van der Waals surface area contributed by atoms with E-state index in [4.69, 9.17) is 0 Å². The molecule has 2 fully saturated rings. The lowest BCUT2D eigenvalue weighted by Gasteiger charge is -2.45. The van der Waals surface area contributed by atoms with Gasteiger partial charge in [0, 0.05) is 48.7 Å². The van der Waals surface area contributed by atoms with Crippen LogP contribution in [0, 0.1) is 5.92 Å². The number of nitrogens with zero attached hydrogens (tertiary/aromatic N) is 2. The number of nitrogens with one attached hydrogen (secondary N) is 1. The molecule has 1 saturated heterocycles. The van der Waals surface area contributed by atoms with Gasteiger partial charge in [-0.25, -0.2) is 0 Å². The number of fused-ring (bicyclic) bond motifs is 2. The zero-order valence-corrected chi connectivity index (χ0v) is 16.6. The molecule has 144 valence electrons. The second-order valence-corrected chi connectivity index (χ2v) is 9.10. The van der Waals surface area contributed by atoms with Crippen molar-refractivity contribution in [3.05, 3.63) is 35.5 Å². The normalized spacial score (nSPS) is 28.9. The first kappa shape index (κ1) is 17.3. The lowest BCUT2D eigenvalue weighted by Crippen LogP contribution is -2.52. The van der Waals surface area contributed by atoms with Crippen LogP contribution in [-0.2, 0) is 18.3 Å². The average molecular weight is 366 g/mol. The highest BCUT2D eigenvalue weighted by molar-refractivity contribution is 5.89. The Hall–Kier alpha value is -1.81. The third-order valence-electron chi connectivity index (χ3n) is 7.35. The van der Waals surface area contributed by atoms with Crippen molar-refractivity contribution in [3.63, 3.8) is 0 Å². The summed E-state index contributed by atoms with van der Waals surface area (Å²) in [6.07, 6.45) is 10.6. The molecule has 4 heteroatoms. The van der Waals surface area contributed by atoms with Crippen LogP contribution in [0.2, 0.25) is 0 Å². The van der Waals surface area contributed by atoms with Gasteiger partial charge in [-0.05, 0) is 49.9 Å². The number of aryl methyl sites for hydroxylation is 1. The van der Waals surface area contributed by atoms with E-state index < -0.39 is 0 Å². The number of likely N-dealkylation sites (N-methyl/N-ethyl adjacent to an activating group) is 1. The van der Waals surface area contributed by atoms with Crippen LogP contribution in [0.4, 0.5) is 0 Å². The third-order valence-corrected chi connectivity index (χ3v) is 7.35. The first-order valence-electron chi connectivity index (χ1n) is 10.7. The summed E-state index contributed by atoms with van der Waals surface area (Å²) in [6.45, 7) is 0.887. The molecule has 1 aromatic carbocycles. The molecule has 3 aliphatic rings. The quantitative estimate of drug-likeness (QED) is 0.883. The fraction of sp³-hybridized carbons (Fsp3) is 0.609. The molecule has 0 spiro atoms. The Labute approximate surface area is 161 Å². The van der Waals surface area contributed by atoms with Gasteiger partial charge in [0.2, 0.25) is 5.91 Å². The Morgan fingerprint density at radius 3 is 2.78 bits per heavy atom. The van der Waals surface area contributed by atoms with Crippen molar-refractivity contribution >= 4 is 16.8 Å². The Morgan fingerprint density at radius 1 is 1.15 bits per heavy atom. The number of hydrogen-bond donors (Lipinski definition) is 1. The first-order valence-corrected chi connectivity index (χ1v) is 10.7. The van der Waals surface area contributed by atoms with E-state index in [-0.39, 0.29) is 5.92 Å². The molecule has 3 atom stereocenters. The monoisotopic (exact) mass is 365 g/mol. The van der Waals surface area contributed by atoms with E-state index in [2.05, 4.69) is 53.3 Å². The number of carbonyl (C=O) groups excluding carboxylic acids is 1. The Balaban J connectivity index is 1.41. The maximum Gasteiger partial charge on any atom is 0.224 e. The number of aromatic nitrogens is 1. The SMILES string of the molecule is CN1C[C@H](C(=O)NC2CCCCC2)CC2c3cccc4c3c(cn4C)C[C@H]21. The molecule has 0 bridgehead atoms. The molecule has 27 heavy (non-hydrogen) atoms. The summed E-state index contributed by atoms with van der Waals surface area (Å²) in [4.78, 5) is 15.5. The van der Waals surface area contributed by atoms with E-state index in [0.717, 1.165) is 32.2 Å². The molecule has 2 heterocycles. The van der Waals surface area contributed by atoms with Crippen molar-refractivity contribution < 1.29 is 4.79 Å². The van der Waals surface area contributed by atoms with Gasteiger partial charge < -0.3 is 14.8 Å². The maximum absolute atomic E-state index is 13.0. The summed E-state index contributed by atoms with van der Waals surface area (Å²) in [5.74, 6) is 0.862. The van der Waals surface area contributed by atoms with Gasteiger partial charge in [0.05, 0.1) is 5.92 Å². The minimum absolute atomic E-state index is 0.110. The highest BCUT2D eigenvalue weighted by Crippen LogP contribution is 2.44. The maximum atomic E-state index is 13.0. The van der Waals surface area contributed by atoms with Gasteiger partial charge in [-0.15, -0.1) is 0 Å². The second-order valence-electron chi connectivity index (χ2n) is 9.10. The molecular weight excluding hydrogens is 334 g/mol. The summed E-state index contributed by atoms with van der Waals surface area (Å²) in [5.41, 5.74) is 4.26. The molecule has 0 radical (unpaired) electrons. The molecule has 1 amide bonds. The van der Waals surface area contributed by atoms with Crippen LogP contribution in [0.1, 0.15) is 55.6 Å². The van der Waals surface area contributed by atoms with Crippen LogP contribution in [-0.4, -0.2) is 41.1 Å². The topological polar surface area (TPSA) is 37.3 Å². The van der Waals surface area contributed by atoms with Gasteiger partial charge in [0.25, 0.3) is 0 Å². The van der Waals surface area contributed by atoms with Crippen molar-refractivity contribution in [1.29, 1.82) is 0 Å². The van der Waals surface area contributed by atoms with Gasteiger partial charge in [0.1, 0.15) is 0 Å². The lowest BCUT2D eigenvalue weighted by atomic mass is 9.72. The van der Waals surface area contributed by atoms with E-state index in [1.54, 1.807) is 0 Å². The first-order chi connectivity index (χ1) is 13.1. The van der Waals surface area contributed by atoms with E-state index in [1.807, 2.05) is 0 Å². The largest absolute Gasteiger partial charge is 0.353 e. The standard InChI is InChI=1S/C23H31N3O/c1-25-13-15-12-21-19(18-9-6-10-20(25)22(15)18)11-16(14-26(21)2)23(27)24-17-7-4-3-5-8-17/h6,9-10,13,16-17,19,21H,3-5,7-8,11-12,14H2,1-2H3,(H,24,27)/t16-,19?,21-/m1/s1. The summed E-state index contributed by atoms with van der Waals surface area (Å²) in [7, 11) is 4.36. The summed E-state index contributed by atoms with van der Waals surface area (Å²) in [6, 6.07) is 7.64. The molecule has 4 nitrogen and oxygen atoms in total. The molecule has 1 saturated carbocycles. The van der Waals surface area contributed by atoms with Crippen molar-refractivity contribution in [3.8, 4) is 0 Å².